The summed E-state index contributed by atoms with van der Waals surface area (Å²) in [6.45, 7) is 0.197. The Balaban J connectivity index is 1.46. The SMILES string of the molecule is COc1ccc(Oc2ccc(/C=c3/s/c(=C/C(=O)C4CC4)n(Cc4nn(C)c(Cl)c4Br)c3=O)cc2)cc1. The first-order valence-corrected chi connectivity index (χ1v) is 13.6. The molecule has 0 saturated heterocycles. The van der Waals surface area contributed by atoms with Crippen LogP contribution in [0.15, 0.2) is 57.8 Å². The molecule has 1 saturated carbocycles. The highest BCUT2D eigenvalue weighted by Crippen LogP contribution is 2.30. The van der Waals surface area contributed by atoms with E-state index in [9.17, 15) is 9.59 Å². The number of ketones is 1. The number of aromatic nitrogens is 3. The number of nitrogens with zero attached hydrogens (tertiary/aromatic N) is 3. The van der Waals surface area contributed by atoms with Gasteiger partial charge in [0, 0.05) is 19.0 Å². The number of hydrogen-bond acceptors (Lipinski definition) is 6. The van der Waals surface area contributed by atoms with Crippen molar-refractivity contribution >= 4 is 56.8 Å². The van der Waals surface area contributed by atoms with Gasteiger partial charge < -0.3 is 9.47 Å². The molecule has 1 aliphatic carbocycles. The maximum absolute atomic E-state index is 13.4. The molecule has 1 fully saturated rings. The van der Waals surface area contributed by atoms with Crippen LogP contribution in [0, 0.1) is 5.92 Å². The first-order valence-electron chi connectivity index (χ1n) is 11.6. The van der Waals surface area contributed by atoms with E-state index in [2.05, 4.69) is 21.0 Å². The molecule has 5 rings (SSSR count). The molecular weight excluding hydrogens is 578 g/mol. The lowest BCUT2D eigenvalue weighted by Gasteiger charge is -2.06. The summed E-state index contributed by atoms with van der Waals surface area (Å²) in [7, 11) is 3.35. The second kappa shape index (κ2) is 10.7. The van der Waals surface area contributed by atoms with E-state index >= 15 is 0 Å². The predicted molar refractivity (Wildman–Crippen MR) is 148 cm³/mol. The van der Waals surface area contributed by atoms with Crippen LogP contribution in [0.1, 0.15) is 24.1 Å². The van der Waals surface area contributed by atoms with Crippen LogP contribution in [0.4, 0.5) is 0 Å². The second-order valence-corrected chi connectivity index (χ2v) is 10.9. The fourth-order valence-corrected chi connectivity index (χ4v) is 5.40. The van der Waals surface area contributed by atoms with Gasteiger partial charge in [-0.05, 0) is 76.8 Å². The van der Waals surface area contributed by atoms with E-state index in [4.69, 9.17) is 21.1 Å². The largest absolute Gasteiger partial charge is 0.497 e. The number of halogens is 2. The summed E-state index contributed by atoms with van der Waals surface area (Å²) in [5.41, 5.74) is 1.27. The van der Waals surface area contributed by atoms with Crippen molar-refractivity contribution in [3.63, 3.8) is 0 Å². The summed E-state index contributed by atoms with van der Waals surface area (Å²) < 4.78 is 15.9. The van der Waals surface area contributed by atoms with Crippen molar-refractivity contribution in [3.8, 4) is 17.2 Å². The molecule has 37 heavy (non-hydrogen) atoms. The molecule has 0 atom stereocenters. The number of carbonyl (C=O) groups is 1. The molecule has 0 spiro atoms. The number of benzene rings is 2. The second-order valence-electron chi connectivity index (χ2n) is 8.68. The van der Waals surface area contributed by atoms with Gasteiger partial charge in [0.05, 0.1) is 28.4 Å². The van der Waals surface area contributed by atoms with E-state index in [-0.39, 0.29) is 23.8 Å². The zero-order valence-electron chi connectivity index (χ0n) is 20.1. The molecule has 2 aromatic heterocycles. The molecule has 190 valence electrons. The van der Waals surface area contributed by atoms with E-state index < -0.39 is 0 Å². The Kier molecular flexibility index (Phi) is 7.37. The lowest BCUT2D eigenvalue weighted by atomic mass is 10.2. The number of thiazole rings is 1. The maximum Gasteiger partial charge on any atom is 0.269 e. The minimum absolute atomic E-state index is 0.0553. The van der Waals surface area contributed by atoms with Gasteiger partial charge in [-0.15, -0.1) is 11.3 Å². The first-order chi connectivity index (χ1) is 17.8. The van der Waals surface area contributed by atoms with Crippen LogP contribution in [-0.4, -0.2) is 27.2 Å². The quantitative estimate of drug-likeness (QED) is 0.298. The average Bonchev–Trinajstić information content (AvgIpc) is 3.68. The van der Waals surface area contributed by atoms with Crippen LogP contribution in [0.3, 0.4) is 0 Å². The molecular formula is C27H23BrClN3O4S. The number of rotatable bonds is 8. The van der Waals surface area contributed by atoms with E-state index in [1.54, 1.807) is 29.5 Å². The third kappa shape index (κ3) is 5.74. The van der Waals surface area contributed by atoms with Crippen molar-refractivity contribution in [2.24, 2.45) is 13.0 Å². The van der Waals surface area contributed by atoms with Crippen molar-refractivity contribution in [3.05, 3.63) is 89.0 Å². The number of aryl methyl sites for hydroxylation is 1. The minimum atomic E-state index is -0.188. The molecule has 0 amide bonds. The minimum Gasteiger partial charge on any atom is -0.497 e. The third-order valence-corrected chi connectivity index (χ3v) is 8.51. The van der Waals surface area contributed by atoms with Crippen LogP contribution in [0.2, 0.25) is 5.15 Å². The molecule has 0 bridgehead atoms. The van der Waals surface area contributed by atoms with Gasteiger partial charge in [-0.2, -0.15) is 5.10 Å². The molecule has 7 nitrogen and oxygen atoms in total. The molecule has 10 heteroatoms. The Labute approximate surface area is 230 Å². The highest BCUT2D eigenvalue weighted by atomic mass is 79.9. The zero-order chi connectivity index (χ0) is 26.1. The lowest BCUT2D eigenvalue weighted by Crippen LogP contribution is -2.32. The van der Waals surface area contributed by atoms with Gasteiger partial charge in [0.2, 0.25) is 0 Å². The fraction of sp³-hybridized carbons (Fsp3) is 0.222. The standard InChI is InChI=1S/C27H23BrClN3O4S/c1-31-26(29)25(28)21(30-31)15-32-24(14-22(33)17-5-6-17)37-23(27(32)34)13-16-3-7-19(8-4-16)36-20-11-9-18(35-2)10-12-20/h3-4,7-14,17H,5-6,15H2,1-2H3/b23-13+,24-14+. The smallest absolute Gasteiger partial charge is 0.269 e. The van der Waals surface area contributed by atoms with E-state index in [0.29, 0.717) is 36.0 Å². The summed E-state index contributed by atoms with van der Waals surface area (Å²) in [6, 6.07) is 14.8. The summed E-state index contributed by atoms with van der Waals surface area (Å²) in [6.07, 6.45) is 5.21. The van der Waals surface area contributed by atoms with E-state index in [1.807, 2.05) is 54.6 Å². The first kappa shape index (κ1) is 25.5. The average molecular weight is 601 g/mol. The van der Waals surface area contributed by atoms with Gasteiger partial charge in [-0.25, -0.2) is 0 Å². The summed E-state index contributed by atoms with van der Waals surface area (Å²) in [4.78, 5) is 26.0. The molecule has 0 radical (unpaired) electrons. The van der Waals surface area contributed by atoms with Crippen LogP contribution in [0.5, 0.6) is 17.2 Å². The monoisotopic (exact) mass is 599 g/mol. The molecule has 0 N–H and O–H groups in total. The van der Waals surface area contributed by atoms with Crippen molar-refractivity contribution < 1.29 is 14.3 Å². The van der Waals surface area contributed by atoms with Crippen molar-refractivity contribution in [1.29, 1.82) is 0 Å². The van der Waals surface area contributed by atoms with Crippen LogP contribution >= 0.6 is 38.9 Å². The maximum atomic E-state index is 13.4. The van der Waals surface area contributed by atoms with Crippen molar-refractivity contribution in [2.45, 2.75) is 19.4 Å². The lowest BCUT2D eigenvalue weighted by molar-refractivity contribution is -0.114. The van der Waals surface area contributed by atoms with Crippen molar-refractivity contribution in [2.75, 3.05) is 7.11 Å². The zero-order valence-corrected chi connectivity index (χ0v) is 23.3. The van der Waals surface area contributed by atoms with Gasteiger partial charge in [0.15, 0.2) is 5.78 Å². The number of carbonyl (C=O) groups excluding carboxylic acids is 1. The number of ether oxygens (including phenoxy) is 2. The topological polar surface area (TPSA) is 75.3 Å². The van der Waals surface area contributed by atoms with Gasteiger partial charge >= 0.3 is 0 Å². The molecule has 2 heterocycles. The van der Waals surface area contributed by atoms with Crippen LogP contribution in [-0.2, 0) is 18.4 Å². The van der Waals surface area contributed by atoms with Gasteiger partial charge in [0.1, 0.15) is 27.1 Å². The molecule has 0 unspecified atom stereocenters. The summed E-state index contributed by atoms with van der Waals surface area (Å²) in [5.74, 6) is 2.24. The Morgan fingerprint density at radius 2 is 1.76 bits per heavy atom. The number of Topliss-reactive ketones (excluding diaryl/α,β-unsaturated/α-hetero) is 1. The van der Waals surface area contributed by atoms with Gasteiger partial charge in [0.25, 0.3) is 5.56 Å². The number of methoxy groups -OCH3 is 1. The van der Waals surface area contributed by atoms with Gasteiger partial charge in [-0.1, -0.05) is 23.7 Å². The van der Waals surface area contributed by atoms with E-state index in [0.717, 1.165) is 24.2 Å². The normalized spacial score (nSPS) is 14.3. The highest BCUT2D eigenvalue weighted by molar-refractivity contribution is 9.10. The Morgan fingerprint density at radius 1 is 1.14 bits per heavy atom. The van der Waals surface area contributed by atoms with Gasteiger partial charge in [-0.3, -0.25) is 18.8 Å². The molecule has 2 aromatic carbocycles. The van der Waals surface area contributed by atoms with E-state index in [1.165, 1.54) is 11.3 Å². The summed E-state index contributed by atoms with van der Waals surface area (Å²) in [5, 5.41) is 4.86. The summed E-state index contributed by atoms with van der Waals surface area (Å²) >= 11 is 11.0. The molecule has 4 aromatic rings. The highest BCUT2D eigenvalue weighted by Gasteiger charge is 2.28. The van der Waals surface area contributed by atoms with Crippen molar-refractivity contribution in [1.82, 2.24) is 14.3 Å². The number of hydrogen-bond donors (Lipinski definition) is 0. The predicted octanol–water partition coefficient (Wildman–Crippen LogP) is 4.50. The third-order valence-electron chi connectivity index (χ3n) is 5.95. The molecule has 1 aliphatic rings. The Morgan fingerprint density at radius 3 is 2.32 bits per heavy atom. The molecule has 0 aliphatic heterocycles. The van der Waals surface area contributed by atoms with Crippen LogP contribution < -0.4 is 24.2 Å². The van der Waals surface area contributed by atoms with Crippen LogP contribution in [0.25, 0.3) is 12.2 Å². The fourth-order valence-electron chi connectivity index (χ4n) is 3.74. The Hall–Kier alpha value is -3.14. The Bertz CT molecular complexity index is 1630.